The lowest BCUT2D eigenvalue weighted by atomic mass is 9.94. The predicted molar refractivity (Wildman–Crippen MR) is 137 cm³/mol. The molecule has 1 atom stereocenters. The molecule has 1 unspecified atom stereocenters. The molecule has 39 heavy (non-hydrogen) atoms. The number of fused-ring (bicyclic) bond motifs is 1. The highest BCUT2D eigenvalue weighted by Gasteiger charge is 2.39. The zero-order valence-corrected chi connectivity index (χ0v) is 20.7. The van der Waals surface area contributed by atoms with Crippen molar-refractivity contribution in [1.82, 2.24) is 14.5 Å². The molecule has 2 aromatic heterocycles. The van der Waals surface area contributed by atoms with Gasteiger partial charge in [-0.1, -0.05) is 24.3 Å². The Bertz CT molecular complexity index is 1620. The fourth-order valence-corrected chi connectivity index (χ4v) is 5.10. The van der Waals surface area contributed by atoms with E-state index in [1.54, 1.807) is 4.90 Å². The van der Waals surface area contributed by atoms with Crippen molar-refractivity contribution in [2.24, 2.45) is 7.05 Å². The highest BCUT2D eigenvalue weighted by molar-refractivity contribution is 5.89. The first-order valence-corrected chi connectivity index (χ1v) is 12.0. The smallest absolute Gasteiger partial charge is 0.322 e. The zero-order chi connectivity index (χ0) is 27.8. The van der Waals surface area contributed by atoms with Gasteiger partial charge < -0.3 is 14.6 Å². The number of nitrogens with zero attached hydrogens (tertiary/aromatic N) is 5. The summed E-state index contributed by atoms with van der Waals surface area (Å²) >= 11 is 0. The number of benzene rings is 2. The highest BCUT2D eigenvalue weighted by atomic mass is 19.1. The molecule has 198 valence electrons. The van der Waals surface area contributed by atoms with Gasteiger partial charge in [-0.3, -0.25) is 14.5 Å². The summed E-state index contributed by atoms with van der Waals surface area (Å²) in [4.78, 5) is 32.6. The zero-order valence-electron chi connectivity index (χ0n) is 20.7. The van der Waals surface area contributed by atoms with E-state index in [1.165, 1.54) is 72.6 Å². The molecule has 1 fully saturated rings. The second kappa shape index (κ2) is 10.2. The SMILES string of the molecule is Cn1c(=O)c(F)c(N2CCN(C(c3ccc(F)cc3)c3ccc(F)cc3)C(C(=O)O)C2)c2nc(C#N)ccc21. The third-order valence-corrected chi connectivity index (χ3v) is 7.00. The number of hydrogen-bond donors (Lipinski definition) is 1. The number of carbonyl (C=O) groups is 1. The molecule has 0 aliphatic carbocycles. The Morgan fingerprint density at radius 2 is 1.59 bits per heavy atom. The minimum absolute atomic E-state index is 0.0166. The van der Waals surface area contributed by atoms with Gasteiger partial charge in [0.2, 0.25) is 5.82 Å². The Morgan fingerprint density at radius 1 is 1.00 bits per heavy atom. The fraction of sp³-hybridized carbons (Fsp3) is 0.214. The van der Waals surface area contributed by atoms with E-state index in [-0.39, 0.29) is 36.5 Å². The van der Waals surface area contributed by atoms with E-state index in [0.29, 0.717) is 16.6 Å². The molecule has 0 saturated carbocycles. The van der Waals surface area contributed by atoms with Crippen LogP contribution in [-0.2, 0) is 11.8 Å². The average molecular weight is 534 g/mol. The van der Waals surface area contributed by atoms with Gasteiger partial charge in [0.1, 0.15) is 40.6 Å². The van der Waals surface area contributed by atoms with Crippen molar-refractivity contribution < 1.29 is 23.1 Å². The number of hydrogen-bond acceptors (Lipinski definition) is 6. The minimum Gasteiger partial charge on any atom is -0.480 e. The number of nitriles is 1. The van der Waals surface area contributed by atoms with E-state index in [4.69, 9.17) is 0 Å². The summed E-state index contributed by atoms with van der Waals surface area (Å²) < 4.78 is 44.0. The lowest BCUT2D eigenvalue weighted by molar-refractivity contribution is -0.144. The van der Waals surface area contributed by atoms with Crippen molar-refractivity contribution in [3.05, 3.63) is 105 Å². The Labute approximate surface area is 220 Å². The first-order valence-electron chi connectivity index (χ1n) is 12.0. The van der Waals surface area contributed by atoms with Gasteiger partial charge in [-0.05, 0) is 47.5 Å². The molecule has 11 heteroatoms. The van der Waals surface area contributed by atoms with Crippen LogP contribution in [0.2, 0.25) is 0 Å². The molecule has 1 aliphatic heterocycles. The highest BCUT2D eigenvalue weighted by Crippen LogP contribution is 2.35. The van der Waals surface area contributed by atoms with Crippen LogP contribution in [0.15, 0.2) is 65.5 Å². The molecular formula is C28H22F3N5O3. The van der Waals surface area contributed by atoms with Crippen molar-refractivity contribution in [3.8, 4) is 6.07 Å². The number of pyridine rings is 2. The van der Waals surface area contributed by atoms with Crippen molar-refractivity contribution in [3.63, 3.8) is 0 Å². The second-order valence-electron chi connectivity index (χ2n) is 9.25. The summed E-state index contributed by atoms with van der Waals surface area (Å²) in [7, 11) is 1.39. The van der Waals surface area contributed by atoms with Gasteiger partial charge in [-0.2, -0.15) is 9.65 Å². The van der Waals surface area contributed by atoms with Crippen molar-refractivity contribution in [2.45, 2.75) is 12.1 Å². The Balaban J connectivity index is 1.60. The molecule has 2 aromatic carbocycles. The maximum Gasteiger partial charge on any atom is 0.322 e. The molecule has 1 N–H and O–H groups in total. The maximum atomic E-state index is 15.5. The van der Waals surface area contributed by atoms with Crippen LogP contribution in [-0.4, -0.2) is 51.2 Å². The molecule has 0 bridgehead atoms. The minimum atomic E-state index is -1.20. The number of aryl methyl sites for hydroxylation is 1. The van der Waals surface area contributed by atoms with Crippen molar-refractivity contribution in [2.75, 3.05) is 24.5 Å². The van der Waals surface area contributed by atoms with Crippen LogP contribution < -0.4 is 10.5 Å². The summed E-state index contributed by atoms with van der Waals surface area (Å²) in [5.74, 6) is -3.23. The van der Waals surface area contributed by atoms with Gasteiger partial charge in [-0.15, -0.1) is 0 Å². The summed E-state index contributed by atoms with van der Waals surface area (Å²) in [5.41, 5.74) is 0.481. The normalized spacial score (nSPS) is 16.0. The molecular weight excluding hydrogens is 511 g/mol. The van der Waals surface area contributed by atoms with Crippen molar-refractivity contribution >= 4 is 22.7 Å². The van der Waals surface area contributed by atoms with Gasteiger partial charge in [0, 0.05) is 26.7 Å². The van der Waals surface area contributed by atoms with Gasteiger partial charge in [-0.25, -0.2) is 13.8 Å². The molecule has 1 aliphatic rings. The van der Waals surface area contributed by atoms with Crippen LogP contribution in [0.5, 0.6) is 0 Å². The third kappa shape index (κ3) is 4.70. The number of carboxylic acid groups (broad SMARTS) is 1. The van der Waals surface area contributed by atoms with E-state index >= 15 is 4.39 Å². The Morgan fingerprint density at radius 3 is 2.13 bits per heavy atom. The van der Waals surface area contributed by atoms with Crippen LogP contribution >= 0.6 is 0 Å². The van der Waals surface area contributed by atoms with E-state index in [1.807, 2.05) is 6.07 Å². The first kappa shape index (κ1) is 25.9. The number of carboxylic acids is 1. The van der Waals surface area contributed by atoms with Crippen LogP contribution in [0.3, 0.4) is 0 Å². The lowest BCUT2D eigenvalue weighted by Gasteiger charge is -2.44. The summed E-state index contributed by atoms with van der Waals surface area (Å²) in [6.07, 6.45) is 0. The number of anilines is 1. The molecule has 3 heterocycles. The Kier molecular flexibility index (Phi) is 6.80. The Hall–Kier alpha value is -4.69. The maximum absolute atomic E-state index is 15.5. The first-order chi connectivity index (χ1) is 18.7. The molecule has 4 aromatic rings. The van der Waals surface area contributed by atoms with Crippen LogP contribution in [0, 0.1) is 28.8 Å². The molecule has 0 spiro atoms. The van der Waals surface area contributed by atoms with Gasteiger partial charge in [0.05, 0.1) is 11.6 Å². The summed E-state index contributed by atoms with van der Waals surface area (Å²) in [6, 6.07) is 14.1. The fourth-order valence-electron chi connectivity index (χ4n) is 5.10. The summed E-state index contributed by atoms with van der Waals surface area (Å²) in [5, 5.41) is 19.6. The number of aromatic nitrogens is 2. The monoisotopic (exact) mass is 533 g/mol. The average Bonchev–Trinajstić information content (AvgIpc) is 2.94. The second-order valence-corrected chi connectivity index (χ2v) is 9.25. The number of aliphatic carboxylic acids is 1. The number of halogens is 3. The predicted octanol–water partition coefficient (Wildman–Crippen LogP) is 3.59. The molecule has 0 amide bonds. The number of piperazine rings is 1. The van der Waals surface area contributed by atoms with Gasteiger partial charge in [0.15, 0.2) is 0 Å². The largest absolute Gasteiger partial charge is 0.480 e. The van der Waals surface area contributed by atoms with E-state index in [0.717, 1.165) is 4.57 Å². The van der Waals surface area contributed by atoms with Crippen molar-refractivity contribution in [1.29, 1.82) is 5.26 Å². The van der Waals surface area contributed by atoms with E-state index in [9.17, 15) is 28.7 Å². The quantitative estimate of drug-likeness (QED) is 0.418. The van der Waals surface area contributed by atoms with Gasteiger partial charge in [0.25, 0.3) is 5.56 Å². The summed E-state index contributed by atoms with van der Waals surface area (Å²) in [6.45, 7) is -0.00331. The topological polar surface area (TPSA) is 102 Å². The van der Waals surface area contributed by atoms with Crippen LogP contribution in [0.25, 0.3) is 11.0 Å². The van der Waals surface area contributed by atoms with Gasteiger partial charge >= 0.3 is 5.97 Å². The molecule has 8 nitrogen and oxygen atoms in total. The van der Waals surface area contributed by atoms with Crippen LogP contribution in [0.1, 0.15) is 22.9 Å². The standard InChI is InChI=1S/C28H22F3N5O3/c1-34-21-11-10-20(14-32)33-24(21)26(23(31)27(34)37)35-12-13-36(22(15-35)28(38)39)25(16-2-6-18(29)7-3-16)17-4-8-19(30)9-5-17/h2-11,22,25H,12-13,15H2,1H3,(H,38,39). The van der Waals surface area contributed by atoms with E-state index in [2.05, 4.69) is 4.98 Å². The third-order valence-electron chi connectivity index (χ3n) is 7.00. The van der Waals surface area contributed by atoms with E-state index < -0.39 is 41.1 Å². The molecule has 1 saturated heterocycles. The lowest BCUT2D eigenvalue weighted by Crippen LogP contribution is -2.58. The molecule has 0 radical (unpaired) electrons. The molecule has 5 rings (SSSR count). The number of rotatable bonds is 5. The van der Waals surface area contributed by atoms with Crippen LogP contribution in [0.4, 0.5) is 18.9 Å².